The number of aromatic hydroxyl groups is 3. The molecule has 18 heavy (non-hydrogen) atoms. The summed E-state index contributed by atoms with van der Waals surface area (Å²) in [6, 6.07) is 11.7. The second-order valence-corrected chi connectivity index (χ2v) is 3.61. The molecule has 96 valence electrons. The Balaban J connectivity index is 0.000000180. The van der Waals surface area contributed by atoms with Crippen LogP contribution in [0.4, 0.5) is 0 Å². The summed E-state index contributed by atoms with van der Waals surface area (Å²) in [6.07, 6.45) is 0. The second kappa shape index (κ2) is 6.39. The number of phenols is 3. The van der Waals surface area contributed by atoms with Crippen LogP contribution in [-0.2, 0) is 0 Å². The molecule has 0 radical (unpaired) electrons. The van der Waals surface area contributed by atoms with Gasteiger partial charge >= 0.3 is 0 Å². The van der Waals surface area contributed by atoms with E-state index in [1.54, 1.807) is 43.3 Å². The van der Waals surface area contributed by atoms with E-state index < -0.39 is 0 Å². The SMILES string of the molecule is COc1ccccc1O.Cc1cccc(O)c1O. The van der Waals surface area contributed by atoms with Gasteiger partial charge in [0.1, 0.15) is 0 Å². The van der Waals surface area contributed by atoms with E-state index in [0.29, 0.717) is 11.3 Å². The van der Waals surface area contributed by atoms with Gasteiger partial charge in [0.05, 0.1) is 7.11 Å². The highest BCUT2D eigenvalue weighted by atomic mass is 16.5. The van der Waals surface area contributed by atoms with Crippen LogP contribution in [0, 0.1) is 6.92 Å². The molecule has 2 rings (SSSR count). The van der Waals surface area contributed by atoms with Crippen LogP contribution in [-0.4, -0.2) is 22.4 Å². The third-order valence-electron chi connectivity index (χ3n) is 2.30. The minimum Gasteiger partial charge on any atom is -0.504 e. The monoisotopic (exact) mass is 248 g/mol. The van der Waals surface area contributed by atoms with E-state index in [1.807, 2.05) is 0 Å². The summed E-state index contributed by atoms with van der Waals surface area (Å²) in [5.74, 6) is 0.602. The van der Waals surface area contributed by atoms with Gasteiger partial charge in [-0.3, -0.25) is 0 Å². The molecule has 0 spiro atoms. The summed E-state index contributed by atoms with van der Waals surface area (Å²) >= 11 is 0. The van der Waals surface area contributed by atoms with Crippen LogP contribution >= 0.6 is 0 Å². The van der Waals surface area contributed by atoms with Gasteiger partial charge in [0, 0.05) is 0 Å². The summed E-state index contributed by atoms with van der Waals surface area (Å²) in [6.45, 7) is 1.73. The zero-order valence-electron chi connectivity index (χ0n) is 10.3. The van der Waals surface area contributed by atoms with E-state index in [4.69, 9.17) is 20.1 Å². The Morgan fingerprint density at radius 2 is 1.44 bits per heavy atom. The quantitative estimate of drug-likeness (QED) is 0.679. The number of rotatable bonds is 1. The number of ether oxygens (including phenoxy) is 1. The lowest BCUT2D eigenvalue weighted by Crippen LogP contribution is -1.80. The van der Waals surface area contributed by atoms with Gasteiger partial charge in [0.25, 0.3) is 0 Å². The van der Waals surface area contributed by atoms with E-state index in [0.717, 1.165) is 0 Å². The molecule has 0 saturated carbocycles. The van der Waals surface area contributed by atoms with Gasteiger partial charge in [0.15, 0.2) is 23.0 Å². The second-order valence-electron chi connectivity index (χ2n) is 3.61. The molecule has 0 heterocycles. The fraction of sp³-hybridized carbons (Fsp3) is 0.143. The van der Waals surface area contributed by atoms with Crippen molar-refractivity contribution in [3.05, 3.63) is 48.0 Å². The first-order valence-corrected chi connectivity index (χ1v) is 5.35. The molecule has 4 heteroatoms. The Labute approximate surface area is 106 Å². The molecule has 3 N–H and O–H groups in total. The van der Waals surface area contributed by atoms with Crippen molar-refractivity contribution in [1.82, 2.24) is 0 Å². The molecule has 0 aromatic heterocycles. The third-order valence-corrected chi connectivity index (χ3v) is 2.30. The average Bonchev–Trinajstić information content (AvgIpc) is 2.37. The highest BCUT2D eigenvalue weighted by Gasteiger charge is 1.98. The maximum absolute atomic E-state index is 8.99. The van der Waals surface area contributed by atoms with Crippen LogP contribution in [0.25, 0.3) is 0 Å². The Morgan fingerprint density at radius 3 is 1.89 bits per heavy atom. The Bertz CT molecular complexity index is 489. The molecule has 0 fully saturated rings. The van der Waals surface area contributed by atoms with E-state index in [-0.39, 0.29) is 17.2 Å². The van der Waals surface area contributed by atoms with Gasteiger partial charge in [-0.05, 0) is 30.7 Å². The fourth-order valence-corrected chi connectivity index (χ4v) is 1.27. The summed E-state index contributed by atoms with van der Waals surface area (Å²) in [4.78, 5) is 0. The number of hydrogen-bond acceptors (Lipinski definition) is 4. The Kier molecular flexibility index (Phi) is 4.87. The summed E-state index contributed by atoms with van der Waals surface area (Å²) in [5.41, 5.74) is 0.690. The van der Waals surface area contributed by atoms with Crippen molar-refractivity contribution in [3.63, 3.8) is 0 Å². The number of para-hydroxylation sites is 3. The minimum absolute atomic E-state index is 0.0301. The molecule has 0 aliphatic carbocycles. The lowest BCUT2D eigenvalue weighted by atomic mass is 10.2. The maximum atomic E-state index is 8.99. The fourth-order valence-electron chi connectivity index (χ4n) is 1.27. The van der Waals surface area contributed by atoms with Gasteiger partial charge in [-0.2, -0.15) is 0 Å². The van der Waals surface area contributed by atoms with E-state index in [1.165, 1.54) is 13.2 Å². The van der Waals surface area contributed by atoms with E-state index in [9.17, 15) is 0 Å². The van der Waals surface area contributed by atoms with Crippen LogP contribution in [0.1, 0.15) is 5.56 Å². The highest BCUT2D eigenvalue weighted by molar-refractivity contribution is 5.43. The zero-order chi connectivity index (χ0) is 13.5. The van der Waals surface area contributed by atoms with Crippen molar-refractivity contribution in [1.29, 1.82) is 0 Å². The number of methoxy groups -OCH3 is 1. The van der Waals surface area contributed by atoms with Gasteiger partial charge in [-0.15, -0.1) is 0 Å². The van der Waals surface area contributed by atoms with Crippen LogP contribution in [0.2, 0.25) is 0 Å². The molecular weight excluding hydrogens is 232 g/mol. The summed E-state index contributed by atoms with van der Waals surface area (Å²) < 4.78 is 4.79. The molecule has 0 unspecified atom stereocenters. The Hall–Kier alpha value is -2.36. The molecule has 0 atom stereocenters. The largest absolute Gasteiger partial charge is 0.504 e. The van der Waals surface area contributed by atoms with Crippen LogP contribution in [0.15, 0.2) is 42.5 Å². The summed E-state index contributed by atoms with van der Waals surface area (Å²) in [7, 11) is 1.52. The standard InChI is InChI=1S/2C7H8O2/c1-9-7-5-3-2-4-6(7)8;1-5-3-2-4-6(8)7(5)9/h2-5,8H,1H3;2-4,8-9H,1H3. The summed E-state index contributed by atoms with van der Waals surface area (Å²) in [5, 5.41) is 26.8. The van der Waals surface area contributed by atoms with Crippen molar-refractivity contribution in [2.24, 2.45) is 0 Å². The lowest BCUT2D eigenvalue weighted by Gasteiger charge is -1.99. The maximum Gasteiger partial charge on any atom is 0.160 e. The van der Waals surface area contributed by atoms with Crippen molar-refractivity contribution < 1.29 is 20.1 Å². The number of aryl methyl sites for hydroxylation is 1. The first-order valence-electron chi connectivity index (χ1n) is 5.35. The molecule has 4 nitrogen and oxygen atoms in total. The molecule has 0 amide bonds. The van der Waals surface area contributed by atoms with E-state index >= 15 is 0 Å². The first kappa shape index (κ1) is 13.7. The van der Waals surface area contributed by atoms with Crippen LogP contribution in [0.5, 0.6) is 23.0 Å². The smallest absolute Gasteiger partial charge is 0.160 e. The average molecular weight is 248 g/mol. The van der Waals surface area contributed by atoms with E-state index in [2.05, 4.69) is 0 Å². The van der Waals surface area contributed by atoms with Crippen molar-refractivity contribution in [2.75, 3.05) is 7.11 Å². The molecule has 0 saturated heterocycles. The molecule has 0 aliphatic heterocycles. The van der Waals surface area contributed by atoms with Gasteiger partial charge in [0.2, 0.25) is 0 Å². The van der Waals surface area contributed by atoms with Crippen molar-refractivity contribution >= 4 is 0 Å². The van der Waals surface area contributed by atoms with Gasteiger partial charge in [-0.25, -0.2) is 0 Å². The molecule has 0 bridgehead atoms. The predicted octanol–water partition coefficient (Wildman–Crippen LogP) is 2.81. The van der Waals surface area contributed by atoms with Crippen LogP contribution < -0.4 is 4.74 Å². The number of phenolic OH excluding ortho intramolecular Hbond substituents is 3. The normalized spacial score (nSPS) is 9.22. The predicted molar refractivity (Wildman–Crippen MR) is 69.2 cm³/mol. The van der Waals surface area contributed by atoms with Crippen LogP contribution in [0.3, 0.4) is 0 Å². The lowest BCUT2D eigenvalue weighted by molar-refractivity contribution is 0.373. The first-order chi connectivity index (χ1) is 8.56. The van der Waals surface area contributed by atoms with Gasteiger partial charge < -0.3 is 20.1 Å². The number of hydrogen-bond donors (Lipinski definition) is 3. The molecule has 0 aliphatic rings. The molecule has 2 aromatic rings. The van der Waals surface area contributed by atoms with Crippen molar-refractivity contribution in [3.8, 4) is 23.0 Å². The van der Waals surface area contributed by atoms with Crippen molar-refractivity contribution in [2.45, 2.75) is 6.92 Å². The topological polar surface area (TPSA) is 69.9 Å². The zero-order valence-corrected chi connectivity index (χ0v) is 10.3. The number of benzene rings is 2. The molecule has 2 aromatic carbocycles. The Morgan fingerprint density at radius 1 is 0.833 bits per heavy atom. The van der Waals surface area contributed by atoms with Gasteiger partial charge in [-0.1, -0.05) is 24.3 Å². The third kappa shape index (κ3) is 3.59. The minimum atomic E-state index is -0.0602. The highest BCUT2D eigenvalue weighted by Crippen LogP contribution is 2.26. The molecular formula is C14H16O4.